The van der Waals surface area contributed by atoms with E-state index in [-0.39, 0.29) is 10.8 Å². The molecule has 10 aromatic rings. The Bertz CT molecular complexity index is 2880. The average molecular weight is 609 g/mol. The summed E-state index contributed by atoms with van der Waals surface area (Å²) >= 11 is 0. The van der Waals surface area contributed by atoms with Crippen molar-refractivity contribution in [3.05, 3.63) is 144 Å². The van der Waals surface area contributed by atoms with E-state index >= 15 is 0 Å². The molecule has 0 radical (unpaired) electrons. The lowest BCUT2D eigenvalue weighted by Crippen LogP contribution is -2.14. The van der Waals surface area contributed by atoms with Gasteiger partial charge in [-0.1, -0.05) is 113 Å². The second kappa shape index (κ2) is 7.97. The Morgan fingerprint density at radius 3 is 1.04 bits per heavy atom. The highest BCUT2D eigenvalue weighted by Crippen LogP contribution is 2.55. The van der Waals surface area contributed by atoms with Crippen LogP contribution in [0, 0.1) is 0 Å². The van der Waals surface area contributed by atoms with Gasteiger partial charge in [0.1, 0.15) is 0 Å². The Morgan fingerprint density at radius 2 is 0.625 bits per heavy atom. The van der Waals surface area contributed by atoms with E-state index < -0.39 is 0 Å². The van der Waals surface area contributed by atoms with Gasteiger partial charge in [0, 0.05) is 10.8 Å². The quantitative estimate of drug-likeness (QED) is 0.150. The van der Waals surface area contributed by atoms with Gasteiger partial charge in [-0.15, -0.1) is 0 Å². The average Bonchev–Trinajstić information content (AvgIpc) is 3.74. The van der Waals surface area contributed by atoms with Gasteiger partial charge >= 0.3 is 0 Å². The lowest BCUT2D eigenvalue weighted by atomic mass is 9.82. The minimum atomic E-state index is -0.0257. The van der Waals surface area contributed by atoms with Crippen LogP contribution in [0.4, 0.5) is 0 Å². The first-order chi connectivity index (χ1) is 23.3. The predicted molar refractivity (Wildman–Crippen MR) is 206 cm³/mol. The van der Waals surface area contributed by atoms with Gasteiger partial charge < -0.3 is 0 Å². The molecule has 0 heterocycles. The van der Waals surface area contributed by atoms with Gasteiger partial charge in [0.2, 0.25) is 0 Å². The molecule has 12 rings (SSSR count). The van der Waals surface area contributed by atoms with E-state index in [2.05, 4.69) is 149 Å². The molecule has 10 aromatic carbocycles. The lowest BCUT2D eigenvalue weighted by molar-refractivity contribution is 0.661. The van der Waals surface area contributed by atoms with Crippen LogP contribution in [-0.2, 0) is 10.8 Å². The summed E-state index contributed by atoms with van der Waals surface area (Å²) in [5.41, 5.74) is 11.3. The number of benzene rings is 8. The third-order valence-electron chi connectivity index (χ3n) is 12.7. The van der Waals surface area contributed by atoms with Gasteiger partial charge in [-0.25, -0.2) is 0 Å². The molecule has 0 spiro atoms. The van der Waals surface area contributed by atoms with E-state index in [0.717, 1.165) is 0 Å². The number of fused-ring (bicyclic) bond motifs is 15. The van der Waals surface area contributed by atoms with Crippen LogP contribution >= 0.6 is 0 Å². The predicted octanol–water partition coefficient (Wildman–Crippen LogP) is 13.2. The van der Waals surface area contributed by atoms with Gasteiger partial charge in [0.15, 0.2) is 0 Å². The second-order valence-electron chi connectivity index (χ2n) is 15.6. The van der Waals surface area contributed by atoms with Crippen molar-refractivity contribution in [1.29, 1.82) is 0 Å². The van der Waals surface area contributed by atoms with Crippen LogP contribution in [0.5, 0.6) is 0 Å². The third-order valence-corrected chi connectivity index (χ3v) is 12.7. The van der Waals surface area contributed by atoms with Crippen molar-refractivity contribution >= 4 is 75.4 Å². The molecule has 0 aromatic heterocycles. The fraction of sp³-hybridized carbons (Fsp3) is 0.125. The van der Waals surface area contributed by atoms with Gasteiger partial charge in [0.05, 0.1) is 0 Å². The normalized spacial score (nSPS) is 15.8. The third kappa shape index (κ3) is 2.72. The van der Waals surface area contributed by atoms with E-state index in [1.54, 1.807) is 0 Å². The standard InChI is InChI=1S/C48H32/c1-47(2)41-17-7-5-11-25(41)37-19-31-27-13-9-15-29-34-22-40-36-24-44-38(26-12-6-8-18-42(26)48(44,3)4)20-32(36)28-14-10-16-30(46(28)40)33(34)21-39(45(27)29)35(31)23-43(37)47/h5-24H,1-4H3. The fourth-order valence-corrected chi connectivity index (χ4v) is 10.4. The van der Waals surface area contributed by atoms with Crippen LogP contribution in [0.15, 0.2) is 121 Å². The molecular formula is C48H32. The highest BCUT2D eigenvalue weighted by atomic mass is 14.4. The highest BCUT2D eigenvalue weighted by molar-refractivity contribution is 6.41. The molecule has 224 valence electrons. The number of hydrogen-bond acceptors (Lipinski definition) is 0. The van der Waals surface area contributed by atoms with Crippen molar-refractivity contribution in [2.45, 2.75) is 38.5 Å². The SMILES string of the molecule is CC1(C)c2ccccc2-c2cc3c(cc21)c1cc2c(cc4c5cc6c(cc5c5cccc2c54)-c2ccccc2C6(C)C)c2cccc3c21. The minimum Gasteiger partial charge on any atom is -0.0619 e. The molecule has 0 saturated heterocycles. The number of hydrogen-bond donors (Lipinski definition) is 0. The summed E-state index contributed by atoms with van der Waals surface area (Å²) in [7, 11) is 0. The van der Waals surface area contributed by atoms with Gasteiger partial charge in [-0.2, -0.15) is 0 Å². The molecule has 2 aliphatic rings. The zero-order valence-electron chi connectivity index (χ0n) is 27.5. The zero-order valence-corrected chi connectivity index (χ0v) is 27.5. The molecule has 0 atom stereocenters. The summed E-state index contributed by atoms with van der Waals surface area (Å²) in [4.78, 5) is 0. The minimum absolute atomic E-state index is 0.0257. The van der Waals surface area contributed by atoms with Gasteiger partial charge in [0.25, 0.3) is 0 Å². The van der Waals surface area contributed by atoms with Crippen LogP contribution in [0.1, 0.15) is 49.9 Å². The van der Waals surface area contributed by atoms with Gasteiger partial charge in [-0.3, -0.25) is 0 Å². The van der Waals surface area contributed by atoms with Crippen LogP contribution in [-0.4, -0.2) is 0 Å². The first-order valence-electron chi connectivity index (χ1n) is 17.4. The molecule has 0 amide bonds. The monoisotopic (exact) mass is 608 g/mol. The first-order valence-corrected chi connectivity index (χ1v) is 17.4. The summed E-state index contributed by atoms with van der Waals surface area (Å²) in [5, 5.41) is 19.3. The zero-order chi connectivity index (χ0) is 31.8. The van der Waals surface area contributed by atoms with Crippen molar-refractivity contribution < 1.29 is 0 Å². The second-order valence-corrected chi connectivity index (χ2v) is 15.6. The Kier molecular flexibility index (Phi) is 4.25. The summed E-state index contributed by atoms with van der Waals surface area (Å²) in [6.45, 7) is 9.56. The Labute approximate surface area is 278 Å². The van der Waals surface area contributed by atoms with Crippen molar-refractivity contribution in [3.63, 3.8) is 0 Å². The smallest absolute Gasteiger partial charge is 0.0159 e. The van der Waals surface area contributed by atoms with Crippen molar-refractivity contribution in [3.8, 4) is 22.3 Å². The molecule has 0 fully saturated rings. The van der Waals surface area contributed by atoms with Crippen molar-refractivity contribution in [2.24, 2.45) is 0 Å². The molecule has 0 heteroatoms. The van der Waals surface area contributed by atoms with Crippen LogP contribution in [0.2, 0.25) is 0 Å². The molecule has 2 aliphatic carbocycles. The van der Waals surface area contributed by atoms with Crippen LogP contribution < -0.4 is 0 Å². The van der Waals surface area contributed by atoms with E-state index in [4.69, 9.17) is 0 Å². The van der Waals surface area contributed by atoms with Crippen molar-refractivity contribution in [1.82, 2.24) is 0 Å². The van der Waals surface area contributed by atoms with E-state index in [1.165, 1.54) is 120 Å². The number of rotatable bonds is 0. The topological polar surface area (TPSA) is 0 Å². The van der Waals surface area contributed by atoms with Gasteiger partial charge in [-0.05, 0) is 156 Å². The summed E-state index contributed by atoms with van der Waals surface area (Å²) in [5.74, 6) is 0. The van der Waals surface area contributed by atoms with Crippen LogP contribution in [0.3, 0.4) is 0 Å². The maximum absolute atomic E-state index is 2.53. The Balaban J connectivity index is 1.23. The molecule has 0 aliphatic heterocycles. The summed E-state index contributed by atoms with van der Waals surface area (Å²) < 4.78 is 0. The summed E-state index contributed by atoms with van der Waals surface area (Å²) in [6, 6.07) is 47.1. The molecule has 0 bridgehead atoms. The molecule has 48 heavy (non-hydrogen) atoms. The molecule has 0 nitrogen and oxygen atoms in total. The maximum atomic E-state index is 2.53. The lowest BCUT2D eigenvalue weighted by Gasteiger charge is -2.21. The van der Waals surface area contributed by atoms with E-state index in [1.807, 2.05) is 0 Å². The summed E-state index contributed by atoms with van der Waals surface area (Å²) in [6.07, 6.45) is 0. The first kappa shape index (κ1) is 25.6. The maximum Gasteiger partial charge on any atom is 0.0159 e. The fourth-order valence-electron chi connectivity index (χ4n) is 10.4. The molecule has 0 saturated carbocycles. The van der Waals surface area contributed by atoms with Crippen molar-refractivity contribution in [2.75, 3.05) is 0 Å². The molecular weight excluding hydrogens is 577 g/mol. The molecule has 0 N–H and O–H groups in total. The van der Waals surface area contributed by atoms with E-state index in [9.17, 15) is 0 Å². The highest BCUT2D eigenvalue weighted by Gasteiger charge is 2.37. The van der Waals surface area contributed by atoms with E-state index in [0.29, 0.717) is 0 Å². The Morgan fingerprint density at radius 1 is 0.271 bits per heavy atom. The largest absolute Gasteiger partial charge is 0.0619 e. The molecule has 0 unspecified atom stereocenters. The van der Waals surface area contributed by atoms with Crippen LogP contribution in [0.25, 0.3) is 97.7 Å². The Hall–Kier alpha value is -5.46.